The van der Waals surface area contributed by atoms with Crippen molar-refractivity contribution in [1.29, 1.82) is 0 Å². The Balaban J connectivity index is 1.93. The monoisotopic (exact) mass is 284 g/mol. The van der Waals surface area contributed by atoms with Crippen LogP contribution in [-0.4, -0.2) is 63.4 Å². The van der Waals surface area contributed by atoms with Crippen molar-refractivity contribution in [1.82, 2.24) is 14.7 Å². The van der Waals surface area contributed by atoms with Crippen LogP contribution >= 0.6 is 11.8 Å². The number of thioether (sulfide) groups is 1. The number of aryl methyl sites for hydroxylation is 2. The third-order valence-electron chi connectivity index (χ3n) is 3.26. The lowest BCUT2D eigenvalue weighted by atomic mass is 10.2. The molecule has 1 aliphatic heterocycles. The van der Waals surface area contributed by atoms with Gasteiger partial charge in [0, 0.05) is 44.7 Å². The van der Waals surface area contributed by atoms with E-state index in [1.807, 2.05) is 11.8 Å². The molecular formula is C12H20N4O2S. The van der Waals surface area contributed by atoms with Gasteiger partial charge in [-0.05, 0) is 6.92 Å². The van der Waals surface area contributed by atoms with Gasteiger partial charge in [0.25, 0.3) is 0 Å². The van der Waals surface area contributed by atoms with Gasteiger partial charge < -0.3 is 10.4 Å². The maximum absolute atomic E-state index is 11.2. The van der Waals surface area contributed by atoms with Crippen LogP contribution in [0.1, 0.15) is 16.1 Å². The van der Waals surface area contributed by atoms with Crippen LogP contribution in [-0.2, 0) is 7.05 Å². The van der Waals surface area contributed by atoms with E-state index in [9.17, 15) is 9.90 Å². The minimum absolute atomic E-state index is 0.275. The normalized spacial score (nSPS) is 16.5. The van der Waals surface area contributed by atoms with Crippen molar-refractivity contribution in [3.05, 3.63) is 11.3 Å². The first-order valence-corrected chi connectivity index (χ1v) is 7.56. The predicted molar refractivity (Wildman–Crippen MR) is 77.2 cm³/mol. The van der Waals surface area contributed by atoms with Crippen molar-refractivity contribution in [3.8, 4) is 0 Å². The summed E-state index contributed by atoms with van der Waals surface area (Å²) in [4.78, 5) is 13.6. The van der Waals surface area contributed by atoms with Crippen LogP contribution in [0.5, 0.6) is 0 Å². The number of anilines is 1. The van der Waals surface area contributed by atoms with E-state index in [0.29, 0.717) is 11.5 Å². The van der Waals surface area contributed by atoms with E-state index in [-0.39, 0.29) is 5.56 Å². The van der Waals surface area contributed by atoms with Gasteiger partial charge >= 0.3 is 5.97 Å². The molecular weight excluding hydrogens is 264 g/mol. The Kier molecular flexibility index (Phi) is 4.71. The van der Waals surface area contributed by atoms with Crippen molar-refractivity contribution >= 4 is 23.5 Å². The number of carboxylic acid groups (broad SMARTS) is 1. The lowest BCUT2D eigenvalue weighted by molar-refractivity contribution is 0.0697. The number of nitrogens with zero attached hydrogens (tertiary/aromatic N) is 3. The summed E-state index contributed by atoms with van der Waals surface area (Å²) in [7, 11) is 1.76. The summed E-state index contributed by atoms with van der Waals surface area (Å²) < 4.78 is 1.60. The summed E-state index contributed by atoms with van der Waals surface area (Å²) in [6.45, 7) is 5.62. The minimum atomic E-state index is -0.928. The summed E-state index contributed by atoms with van der Waals surface area (Å²) in [6.07, 6.45) is 0. The van der Waals surface area contributed by atoms with Crippen LogP contribution in [0.15, 0.2) is 0 Å². The summed E-state index contributed by atoms with van der Waals surface area (Å²) >= 11 is 1.99. The standard InChI is InChI=1S/C12H20N4O2S/c1-9-10(12(17)18)11(15(2)14-9)13-3-4-16-5-7-19-8-6-16/h13H,3-8H2,1-2H3,(H,17,18). The number of hydrogen-bond acceptors (Lipinski definition) is 5. The molecule has 0 atom stereocenters. The largest absolute Gasteiger partial charge is 0.477 e. The molecule has 0 aromatic carbocycles. The van der Waals surface area contributed by atoms with Crippen LogP contribution in [0.25, 0.3) is 0 Å². The number of aromatic nitrogens is 2. The molecule has 0 spiro atoms. The molecule has 6 nitrogen and oxygen atoms in total. The van der Waals surface area contributed by atoms with E-state index in [4.69, 9.17) is 0 Å². The number of rotatable bonds is 5. The summed E-state index contributed by atoms with van der Waals surface area (Å²) in [5, 5.41) is 16.6. The Labute approximate surface area is 117 Å². The van der Waals surface area contributed by atoms with Gasteiger partial charge in [-0.1, -0.05) is 0 Å². The van der Waals surface area contributed by atoms with Crippen molar-refractivity contribution in [2.24, 2.45) is 7.05 Å². The molecule has 2 rings (SSSR count). The van der Waals surface area contributed by atoms with Gasteiger partial charge in [-0.3, -0.25) is 9.58 Å². The molecule has 0 aliphatic carbocycles. The summed E-state index contributed by atoms with van der Waals surface area (Å²) in [6, 6.07) is 0. The van der Waals surface area contributed by atoms with Gasteiger partial charge in [0.1, 0.15) is 11.4 Å². The molecule has 1 aromatic rings. The average Bonchev–Trinajstić information content (AvgIpc) is 2.65. The van der Waals surface area contributed by atoms with Crippen LogP contribution < -0.4 is 5.32 Å². The fraction of sp³-hybridized carbons (Fsp3) is 0.667. The first-order chi connectivity index (χ1) is 9.09. The molecule has 1 aliphatic rings. The van der Waals surface area contributed by atoms with Crippen molar-refractivity contribution in [3.63, 3.8) is 0 Å². The topological polar surface area (TPSA) is 70.4 Å². The zero-order valence-electron chi connectivity index (χ0n) is 11.3. The van der Waals surface area contributed by atoms with E-state index in [1.54, 1.807) is 18.7 Å². The van der Waals surface area contributed by atoms with Crippen LogP contribution in [0.4, 0.5) is 5.82 Å². The number of aromatic carboxylic acids is 1. The Bertz CT molecular complexity index is 455. The smallest absolute Gasteiger partial charge is 0.341 e. The fourth-order valence-corrected chi connectivity index (χ4v) is 3.25. The van der Waals surface area contributed by atoms with E-state index in [0.717, 1.165) is 26.2 Å². The molecule has 1 aromatic heterocycles. The molecule has 0 bridgehead atoms. The Morgan fingerprint density at radius 2 is 2.16 bits per heavy atom. The third-order valence-corrected chi connectivity index (χ3v) is 4.20. The van der Waals surface area contributed by atoms with Gasteiger partial charge in [-0.15, -0.1) is 0 Å². The highest BCUT2D eigenvalue weighted by molar-refractivity contribution is 7.99. The van der Waals surface area contributed by atoms with Gasteiger partial charge in [0.05, 0.1) is 5.69 Å². The van der Waals surface area contributed by atoms with Crippen LogP contribution in [0.2, 0.25) is 0 Å². The zero-order valence-corrected chi connectivity index (χ0v) is 12.2. The highest BCUT2D eigenvalue weighted by Gasteiger charge is 2.19. The molecule has 2 N–H and O–H groups in total. The highest BCUT2D eigenvalue weighted by Crippen LogP contribution is 2.18. The molecule has 0 saturated carbocycles. The second kappa shape index (κ2) is 6.29. The molecule has 2 heterocycles. The predicted octanol–water partition coefficient (Wildman–Crippen LogP) is 0.887. The number of carbonyl (C=O) groups is 1. The maximum Gasteiger partial charge on any atom is 0.341 e. The number of carboxylic acids is 1. The number of nitrogens with one attached hydrogen (secondary N) is 1. The van der Waals surface area contributed by atoms with E-state index in [2.05, 4.69) is 15.3 Å². The van der Waals surface area contributed by atoms with Gasteiger partial charge in [0.2, 0.25) is 0 Å². The zero-order chi connectivity index (χ0) is 13.8. The van der Waals surface area contributed by atoms with Crippen molar-refractivity contribution in [2.45, 2.75) is 6.92 Å². The maximum atomic E-state index is 11.2. The molecule has 19 heavy (non-hydrogen) atoms. The SMILES string of the molecule is Cc1nn(C)c(NCCN2CCSCC2)c1C(=O)O. The van der Waals surface area contributed by atoms with E-state index in [1.165, 1.54) is 11.5 Å². The Morgan fingerprint density at radius 3 is 2.79 bits per heavy atom. The lowest BCUT2D eigenvalue weighted by Gasteiger charge is -2.26. The Hall–Kier alpha value is -1.21. The summed E-state index contributed by atoms with van der Waals surface area (Å²) in [5.41, 5.74) is 0.823. The summed E-state index contributed by atoms with van der Waals surface area (Å²) in [5.74, 6) is 2.04. The van der Waals surface area contributed by atoms with E-state index < -0.39 is 5.97 Å². The van der Waals surface area contributed by atoms with Crippen molar-refractivity contribution < 1.29 is 9.90 Å². The minimum Gasteiger partial charge on any atom is -0.477 e. The molecule has 0 radical (unpaired) electrons. The van der Waals surface area contributed by atoms with Crippen molar-refractivity contribution in [2.75, 3.05) is 43.0 Å². The molecule has 1 fully saturated rings. The third kappa shape index (κ3) is 3.42. The van der Waals surface area contributed by atoms with Crippen LogP contribution in [0.3, 0.4) is 0 Å². The first-order valence-electron chi connectivity index (χ1n) is 6.40. The molecule has 106 valence electrons. The van der Waals surface area contributed by atoms with Gasteiger partial charge in [-0.2, -0.15) is 16.9 Å². The van der Waals surface area contributed by atoms with E-state index >= 15 is 0 Å². The second-order valence-electron chi connectivity index (χ2n) is 4.62. The van der Waals surface area contributed by atoms with Gasteiger partial charge in [0.15, 0.2) is 0 Å². The first kappa shape index (κ1) is 14.2. The molecule has 1 saturated heterocycles. The van der Waals surface area contributed by atoms with Gasteiger partial charge in [-0.25, -0.2) is 4.79 Å². The molecule has 0 amide bonds. The molecule has 0 unspecified atom stereocenters. The average molecular weight is 284 g/mol. The fourth-order valence-electron chi connectivity index (χ4n) is 2.27. The second-order valence-corrected chi connectivity index (χ2v) is 5.84. The Morgan fingerprint density at radius 1 is 1.47 bits per heavy atom. The molecule has 7 heteroatoms. The lowest BCUT2D eigenvalue weighted by Crippen LogP contribution is -2.36. The quantitative estimate of drug-likeness (QED) is 0.837. The number of hydrogen-bond donors (Lipinski definition) is 2. The highest BCUT2D eigenvalue weighted by atomic mass is 32.2. The van der Waals surface area contributed by atoms with Crippen LogP contribution in [0, 0.1) is 6.92 Å².